The lowest BCUT2D eigenvalue weighted by molar-refractivity contribution is -0.123. The standard InChI is InChI=1S/C15H11Cl2NO2/c16-10-4-3-9(6-11(10)17)18-14(19)12-7-1-2-8(5-7)13(12)15(18)20/h1-4,6-8,12-13H,5H2/t7?,8?,12-,13+. The van der Waals surface area contributed by atoms with Gasteiger partial charge in [0.25, 0.3) is 0 Å². The smallest absolute Gasteiger partial charge is 0.238 e. The van der Waals surface area contributed by atoms with Gasteiger partial charge in [-0.25, -0.2) is 4.90 Å². The number of fused-ring (bicyclic) bond motifs is 5. The summed E-state index contributed by atoms with van der Waals surface area (Å²) in [7, 11) is 0. The fourth-order valence-corrected chi connectivity index (χ4v) is 4.07. The minimum Gasteiger partial charge on any atom is -0.274 e. The lowest BCUT2D eigenvalue weighted by Gasteiger charge is -2.17. The zero-order chi connectivity index (χ0) is 14.0. The second-order valence-electron chi connectivity index (χ2n) is 5.61. The van der Waals surface area contributed by atoms with Crippen molar-refractivity contribution in [1.29, 1.82) is 0 Å². The topological polar surface area (TPSA) is 37.4 Å². The number of rotatable bonds is 1. The second kappa shape index (κ2) is 4.09. The van der Waals surface area contributed by atoms with E-state index in [1.54, 1.807) is 18.2 Å². The van der Waals surface area contributed by atoms with Crippen LogP contribution in [0.5, 0.6) is 0 Å². The number of amides is 2. The molecule has 1 aromatic rings. The summed E-state index contributed by atoms with van der Waals surface area (Å²) < 4.78 is 0. The largest absolute Gasteiger partial charge is 0.274 e. The molecule has 2 amide bonds. The average Bonchev–Trinajstić information content (AvgIpc) is 3.08. The maximum Gasteiger partial charge on any atom is 0.238 e. The Bertz CT molecular complexity index is 640. The van der Waals surface area contributed by atoms with Gasteiger partial charge in [0.2, 0.25) is 11.8 Å². The maximum absolute atomic E-state index is 12.6. The number of allylic oxidation sites excluding steroid dienone is 2. The van der Waals surface area contributed by atoms with E-state index in [1.807, 2.05) is 0 Å². The van der Waals surface area contributed by atoms with Crippen LogP contribution in [0.2, 0.25) is 10.0 Å². The summed E-state index contributed by atoms with van der Waals surface area (Å²) in [5.41, 5.74) is 0.517. The summed E-state index contributed by atoms with van der Waals surface area (Å²) in [4.78, 5) is 26.4. The summed E-state index contributed by atoms with van der Waals surface area (Å²) in [5.74, 6) is -0.146. The van der Waals surface area contributed by atoms with Gasteiger partial charge in [-0.15, -0.1) is 0 Å². The summed E-state index contributed by atoms with van der Waals surface area (Å²) in [6, 6.07) is 4.86. The van der Waals surface area contributed by atoms with Crippen LogP contribution in [0.4, 0.5) is 5.69 Å². The molecule has 0 aromatic heterocycles. The molecule has 2 fully saturated rings. The van der Waals surface area contributed by atoms with E-state index in [0.717, 1.165) is 6.42 Å². The van der Waals surface area contributed by atoms with E-state index in [9.17, 15) is 9.59 Å². The molecule has 1 saturated carbocycles. The minimum absolute atomic E-state index is 0.102. The van der Waals surface area contributed by atoms with Crippen molar-refractivity contribution in [3.63, 3.8) is 0 Å². The molecule has 4 rings (SSSR count). The molecule has 1 heterocycles. The van der Waals surface area contributed by atoms with E-state index in [1.165, 1.54) is 4.90 Å². The zero-order valence-electron chi connectivity index (χ0n) is 10.4. The predicted octanol–water partition coefficient (Wildman–Crippen LogP) is 3.30. The Balaban J connectivity index is 1.76. The Hall–Kier alpha value is -1.32. The van der Waals surface area contributed by atoms with Crippen LogP contribution in [-0.4, -0.2) is 11.8 Å². The molecule has 2 bridgehead atoms. The second-order valence-corrected chi connectivity index (χ2v) is 6.42. The molecular weight excluding hydrogens is 297 g/mol. The molecule has 20 heavy (non-hydrogen) atoms. The Kier molecular flexibility index (Phi) is 2.54. The molecule has 4 atom stereocenters. The molecule has 1 aromatic carbocycles. The highest BCUT2D eigenvalue weighted by Crippen LogP contribution is 2.53. The van der Waals surface area contributed by atoms with Gasteiger partial charge in [0.15, 0.2) is 0 Å². The third kappa shape index (κ3) is 1.48. The summed E-state index contributed by atoms with van der Waals surface area (Å²) in [5, 5.41) is 0.763. The molecule has 3 nitrogen and oxygen atoms in total. The first-order valence-corrected chi connectivity index (χ1v) is 7.34. The van der Waals surface area contributed by atoms with E-state index in [0.29, 0.717) is 15.7 Å². The number of carbonyl (C=O) groups excluding carboxylic acids is 2. The molecule has 1 saturated heterocycles. The third-order valence-electron chi connectivity index (χ3n) is 4.63. The first kappa shape index (κ1) is 12.4. The Morgan fingerprint density at radius 3 is 2.10 bits per heavy atom. The molecule has 0 spiro atoms. The molecular formula is C15H11Cl2NO2. The molecule has 2 unspecified atom stereocenters. The Morgan fingerprint density at radius 2 is 1.55 bits per heavy atom. The van der Waals surface area contributed by atoms with Gasteiger partial charge in [-0.05, 0) is 36.5 Å². The molecule has 1 aliphatic heterocycles. The molecule has 0 N–H and O–H groups in total. The van der Waals surface area contributed by atoms with Crippen molar-refractivity contribution in [2.45, 2.75) is 6.42 Å². The minimum atomic E-state index is -0.188. The summed E-state index contributed by atoms with van der Waals surface area (Å²) in [6.07, 6.45) is 5.09. The molecule has 102 valence electrons. The first-order valence-electron chi connectivity index (χ1n) is 6.59. The van der Waals surface area contributed by atoms with Crippen LogP contribution in [0.15, 0.2) is 30.4 Å². The summed E-state index contributed by atoms with van der Waals surface area (Å²) >= 11 is 11.9. The lowest BCUT2D eigenvalue weighted by Crippen LogP contribution is -2.32. The number of hydrogen-bond acceptors (Lipinski definition) is 2. The van der Waals surface area contributed by atoms with Crippen LogP contribution in [0, 0.1) is 23.7 Å². The number of anilines is 1. The SMILES string of the molecule is O=C1[C@@H]2C3C=CC(C3)[C@@H]2C(=O)N1c1ccc(Cl)c(Cl)c1. The van der Waals surface area contributed by atoms with Gasteiger partial charge >= 0.3 is 0 Å². The fourth-order valence-electron chi connectivity index (χ4n) is 3.78. The van der Waals surface area contributed by atoms with E-state index in [4.69, 9.17) is 23.2 Å². The molecule has 2 aliphatic carbocycles. The fraction of sp³-hybridized carbons (Fsp3) is 0.333. The quantitative estimate of drug-likeness (QED) is 0.589. The zero-order valence-corrected chi connectivity index (χ0v) is 11.9. The van der Waals surface area contributed by atoms with E-state index in [2.05, 4.69) is 12.2 Å². The van der Waals surface area contributed by atoms with Gasteiger partial charge in [-0.2, -0.15) is 0 Å². The number of benzene rings is 1. The van der Waals surface area contributed by atoms with Crippen molar-refractivity contribution in [3.8, 4) is 0 Å². The number of nitrogens with zero attached hydrogens (tertiary/aromatic N) is 1. The first-order chi connectivity index (χ1) is 9.58. The predicted molar refractivity (Wildman–Crippen MR) is 76.7 cm³/mol. The monoisotopic (exact) mass is 307 g/mol. The number of hydrogen-bond donors (Lipinski definition) is 0. The van der Waals surface area contributed by atoms with E-state index in [-0.39, 0.29) is 35.5 Å². The van der Waals surface area contributed by atoms with Crippen molar-refractivity contribution in [2.24, 2.45) is 23.7 Å². The van der Waals surface area contributed by atoms with Gasteiger partial charge in [0, 0.05) is 0 Å². The van der Waals surface area contributed by atoms with Crippen molar-refractivity contribution in [1.82, 2.24) is 0 Å². The van der Waals surface area contributed by atoms with Crippen LogP contribution in [0.1, 0.15) is 6.42 Å². The van der Waals surface area contributed by atoms with Gasteiger partial charge in [0.1, 0.15) is 0 Å². The van der Waals surface area contributed by atoms with Crippen molar-refractivity contribution in [3.05, 3.63) is 40.4 Å². The Labute approximate surface area is 126 Å². The van der Waals surface area contributed by atoms with Gasteiger partial charge < -0.3 is 0 Å². The highest BCUT2D eigenvalue weighted by atomic mass is 35.5. The van der Waals surface area contributed by atoms with Crippen LogP contribution in [0.3, 0.4) is 0 Å². The normalized spacial score (nSPS) is 34.2. The van der Waals surface area contributed by atoms with Crippen molar-refractivity contribution < 1.29 is 9.59 Å². The number of imide groups is 1. The van der Waals surface area contributed by atoms with Gasteiger partial charge in [-0.3, -0.25) is 9.59 Å². The molecule has 5 heteroatoms. The van der Waals surface area contributed by atoms with E-state index < -0.39 is 0 Å². The highest BCUT2D eigenvalue weighted by Gasteiger charge is 2.59. The lowest BCUT2D eigenvalue weighted by atomic mass is 9.85. The van der Waals surface area contributed by atoms with Crippen LogP contribution < -0.4 is 4.90 Å². The van der Waals surface area contributed by atoms with Crippen molar-refractivity contribution >= 4 is 40.7 Å². The van der Waals surface area contributed by atoms with E-state index >= 15 is 0 Å². The number of carbonyl (C=O) groups is 2. The van der Waals surface area contributed by atoms with Crippen LogP contribution in [-0.2, 0) is 9.59 Å². The highest BCUT2D eigenvalue weighted by molar-refractivity contribution is 6.42. The average molecular weight is 308 g/mol. The Morgan fingerprint density at radius 1 is 0.950 bits per heavy atom. The number of halogens is 2. The molecule has 3 aliphatic rings. The maximum atomic E-state index is 12.6. The van der Waals surface area contributed by atoms with Gasteiger partial charge in [0.05, 0.1) is 27.6 Å². The third-order valence-corrected chi connectivity index (χ3v) is 5.37. The van der Waals surface area contributed by atoms with Crippen LogP contribution >= 0.6 is 23.2 Å². The summed E-state index contributed by atoms with van der Waals surface area (Å²) in [6.45, 7) is 0. The van der Waals surface area contributed by atoms with Gasteiger partial charge in [-0.1, -0.05) is 35.4 Å². The van der Waals surface area contributed by atoms with Crippen molar-refractivity contribution in [2.75, 3.05) is 4.90 Å². The molecule has 0 radical (unpaired) electrons. The van der Waals surface area contributed by atoms with Crippen LogP contribution in [0.25, 0.3) is 0 Å².